The maximum absolute atomic E-state index is 11.5. The van der Waals surface area contributed by atoms with Crippen LogP contribution in [0.2, 0.25) is 0 Å². The quantitative estimate of drug-likeness (QED) is 0.592. The van der Waals surface area contributed by atoms with Gasteiger partial charge in [0.15, 0.2) is 4.90 Å². The second-order valence-electron chi connectivity index (χ2n) is 4.88. The molecule has 9 heteroatoms. The predicted octanol–water partition coefficient (Wildman–Crippen LogP) is 2.93. The van der Waals surface area contributed by atoms with Crippen LogP contribution < -0.4 is 10.5 Å². The van der Waals surface area contributed by atoms with E-state index in [1.54, 1.807) is 0 Å². The molecule has 3 N–H and O–H groups in total. The van der Waals surface area contributed by atoms with Gasteiger partial charge in [-0.25, -0.2) is 13.6 Å². The lowest BCUT2D eigenvalue weighted by Gasteiger charge is -2.11. The van der Waals surface area contributed by atoms with Gasteiger partial charge < -0.3 is 5.32 Å². The number of nitrogens with zero attached hydrogens (tertiary/aromatic N) is 1. The van der Waals surface area contributed by atoms with Gasteiger partial charge in [0.1, 0.15) is 5.69 Å². The summed E-state index contributed by atoms with van der Waals surface area (Å²) in [6, 6.07) is 9.66. The number of para-hydroxylation sites is 1. The lowest BCUT2D eigenvalue weighted by Crippen LogP contribution is -2.15. The Kier molecular flexibility index (Phi) is 5.03. The van der Waals surface area contributed by atoms with Crippen LogP contribution in [0.3, 0.4) is 0 Å². The summed E-state index contributed by atoms with van der Waals surface area (Å²) in [5.41, 5.74) is 1.48. The molecule has 0 aliphatic carbocycles. The van der Waals surface area contributed by atoms with E-state index >= 15 is 0 Å². The molecule has 0 radical (unpaired) electrons. The van der Waals surface area contributed by atoms with Gasteiger partial charge in [0.05, 0.1) is 4.92 Å². The van der Waals surface area contributed by atoms with Crippen molar-refractivity contribution in [2.24, 2.45) is 5.14 Å². The summed E-state index contributed by atoms with van der Waals surface area (Å²) in [4.78, 5) is 9.99. The number of nitrogens with two attached hydrogens (primary N) is 1. The third-order valence-corrected chi connectivity index (χ3v) is 4.70. The van der Waals surface area contributed by atoms with Crippen LogP contribution in [0.15, 0.2) is 45.8 Å². The van der Waals surface area contributed by atoms with Crippen molar-refractivity contribution in [1.29, 1.82) is 0 Å². The van der Waals surface area contributed by atoms with Gasteiger partial charge in [0, 0.05) is 11.0 Å². The van der Waals surface area contributed by atoms with Crippen molar-refractivity contribution in [1.82, 2.24) is 0 Å². The molecule has 0 heterocycles. The minimum Gasteiger partial charge on any atom is -0.375 e. The highest BCUT2D eigenvalue weighted by atomic mass is 79.9. The van der Waals surface area contributed by atoms with Gasteiger partial charge in [0.25, 0.3) is 0 Å². The van der Waals surface area contributed by atoms with Crippen molar-refractivity contribution in [2.75, 3.05) is 5.32 Å². The Bertz CT molecular complexity index is 868. The first-order chi connectivity index (χ1) is 10.7. The van der Waals surface area contributed by atoms with E-state index in [0.717, 1.165) is 21.7 Å². The maximum Gasteiger partial charge on any atom is 0.312 e. The molecule has 2 rings (SSSR count). The van der Waals surface area contributed by atoms with E-state index in [4.69, 9.17) is 5.14 Å². The maximum atomic E-state index is 11.5. The minimum absolute atomic E-state index is 0.0981. The number of rotatable bonds is 5. The summed E-state index contributed by atoms with van der Waals surface area (Å²) in [6.45, 7) is 2.22. The minimum atomic E-state index is -4.19. The van der Waals surface area contributed by atoms with E-state index in [0.29, 0.717) is 6.54 Å². The monoisotopic (exact) mass is 399 g/mol. The largest absolute Gasteiger partial charge is 0.375 e. The molecule has 0 atom stereocenters. The number of aryl methyl sites for hydroxylation is 1. The van der Waals surface area contributed by atoms with Gasteiger partial charge in [-0.3, -0.25) is 10.1 Å². The molecular formula is C14H14BrN3O4S. The summed E-state index contributed by atoms with van der Waals surface area (Å²) in [5, 5.41) is 19.2. The van der Waals surface area contributed by atoms with E-state index < -0.39 is 25.5 Å². The fourth-order valence-corrected chi connectivity index (χ4v) is 3.23. The molecule has 23 heavy (non-hydrogen) atoms. The topological polar surface area (TPSA) is 115 Å². The summed E-state index contributed by atoms with van der Waals surface area (Å²) in [6.07, 6.45) is 0. The Morgan fingerprint density at radius 1 is 1.30 bits per heavy atom. The summed E-state index contributed by atoms with van der Waals surface area (Å²) >= 11 is 3.37. The first-order valence-electron chi connectivity index (χ1n) is 6.49. The predicted molar refractivity (Wildman–Crippen MR) is 90.7 cm³/mol. The second kappa shape index (κ2) is 6.65. The number of benzene rings is 2. The van der Waals surface area contributed by atoms with Gasteiger partial charge in [0.2, 0.25) is 10.0 Å². The normalized spacial score (nSPS) is 11.3. The fourth-order valence-electron chi connectivity index (χ4n) is 2.10. The zero-order valence-electron chi connectivity index (χ0n) is 12.1. The average molecular weight is 400 g/mol. The molecule has 0 aliphatic rings. The Hall–Kier alpha value is -1.97. The highest BCUT2D eigenvalue weighted by molar-refractivity contribution is 9.10. The summed E-state index contributed by atoms with van der Waals surface area (Å²) in [5.74, 6) is 0. The van der Waals surface area contributed by atoms with E-state index in [2.05, 4.69) is 21.2 Å². The molecule has 0 unspecified atom stereocenters. The molecule has 2 aromatic rings. The van der Waals surface area contributed by atoms with Crippen LogP contribution in [0, 0.1) is 17.0 Å². The molecule has 7 nitrogen and oxygen atoms in total. The number of nitro benzene ring substituents is 1. The number of primary sulfonamides is 1. The molecule has 122 valence electrons. The third-order valence-electron chi connectivity index (χ3n) is 3.27. The highest BCUT2D eigenvalue weighted by Crippen LogP contribution is 2.31. The van der Waals surface area contributed by atoms with Crippen molar-refractivity contribution in [3.05, 3.63) is 62.1 Å². The van der Waals surface area contributed by atoms with Gasteiger partial charge >= 0.3 is 5.69 Å². The lowest BCUT2D eigenvalue weighted by atomic mass is 10.1. The molecule has 0 saturated carbocycles. The van der Waals surface area contributed by atoms with Crippen LogP contribution in [-0.2, 0) is 16.6 Å². The van der Waals surface area contributed by atoms with Crippen LogP contribution in [0.1, 0.15) is 11.1 Å². The number of hydrogen-bond acceptors (Lipinski definition) is 5. The smallest absolute Gasteiger partial charge is 0.312 e. The number of sulfonamides is 1. The molecule has 0 aromatic heterocycles. The lowest BCUT2D eigenvalue weighted by molar-refractivity contribution is -0.386. The van der Waals surface area contributed by atoms with Gasteiger partial charge in [-0.2, -0.15) is 0 Å². The summed E-state index contributed by atoms with van der Waals surface area (Å²) < 4.78 is 23.9. The number of nitrogens with one attached hydrogen (secondary N) is 1. The van der Waals surface area contributed by atoms with Crippen LogP contribution in [-0.4, -0.2) is 13.3 Å². The second-order valence-corrected chi connectivity index (χ2v) is 7.32. The van der Waals surface area contributed by atoms with Crippen LogP contribution in [0.25, 0.3) is 0 Å². The zero-order valence-corrected chi connectivity index (χ0v) is 14.5. The molecule has 0 aliphatic heterocycles. The number of halogens is 1. The molecule has 0 saturated heterocycles. The Labute approximate surface area is 141 Å². The molecule has 0 bridgehead atoms. The first kappa shape index (κ1) is 17.4. The Morgan fingerprint density at radius 2 is 2.00 bits per heavy atom. The van der Waals surface area contributed by atoms with Crippen LogP contribution in [0.4, 0.5) is 11.4 Å². The van der Waals surface area contributed by atoms with Crippen molar-refractivity contribution in [2.45, 2.75) is 18.4 Å². The number of anilines is 1. The fraction of sp³-hybridized carbons (Fsp3) is 0.143. The van der Waals surface area contributed by atoms with Crippen molar-refractivity contribution in [3.8, 4) is 0 Å². The Morgan fingerprint density at radius 3 is 2.61 bits per heavy atom. The third kappa shape index (κ3) is 4.06. The van der Waals surface area contributed by atoms with Crippen LogP contribution >= 0.6 is 15.9 Å². The van der Waals surface area contributed by atoms with Crippen molar-refractivity contribution < 1.29 is 13.3 Å². The molecule has 0 spiro atoms. The average Bonchev–Trinajstić information content (AvgIpc) is 2.46. The SMILES string of the molecule is Cc1ccc(Br)cc1CNc1cccc(S(N)(=O)=O)c1[N+](=O)[O-]. The van der Waals surface area contributed by atoms with Crippen molar-refractivity contribution in [3.63, 3.8) is 0 Å². The summed E-state index contributed by atoms with van der Waals surface area (Å²) in [7, 11) is -4.19. The number of nitro groups is 1. The standard InChI is InChI=1S/C14H14BrN3O4S/c1-9-5-6-11(15)7-10(9)8-17-12-3-2-4-13(23(16,21)22)14(12)18(19)20/h2-7,17H,8H2,1H3,(H2,16,21,22). The van der Waals surface area contributed by atoms with Gasteiger partial charge in [-0.15, -0.1) is 0 Å². The first-order valence-corrected chi connectivity index (χ1v) is 8.83. The van der Waals surface area contributed by atoms with Crippen LogP contribution in [0.5, 0.6) is 0 Å². The molecule has 2 aromatic carbocycles. The van der Waals surface area contributed by atoms with Gasteiger partial charge in [-0.1, -0.05) is 28.1 Å². The van der Waals surface area contributed by atoms with E-state index in [-0.39, 0.29) is 5.69 Å². The van der Waals surface area contributed by atoms with E-state index in [1.807, 2.05) is 25.1 Å². The van der Waals surface area contributed by atoms with E-state index in [9.17, 15) is 18.5 Å². The highest BCUT2D eigenvalue weighted by Gasteiger charge is 2.26. The number of hydrogen-bond donors (Lipinski definition) is 2. The Balaban J connectivity index is 2.41. The molecular weight excluding hydrogens is 386 g/mol. The molecule has 0 fully saturated rings. The molecule has 0 amide bonds. The van der Waals surface area contributed by atoms with Gasteiger partial charge in [-0.05, 0) is 42.3 Å². The van der Waals surface area contributed by atoms with Crippen molar-refractivity contribution >= 4 is 37.3 Å². The van der Waals surface area contributed by atoms with E-state index in [1.165, 1.54) is 12.1 Å². The zero-order chi connectivity index (χ0) is 17.2.